The highest BCUT2D eigenvalue weighted by molar-refractivity contribution is 5.75. The predicted molar refractivity (Wildman–Crippen MR) is 87.7 cm³/mol. The van der Waals surface area contributed by atoms with Crippen LogP contribution in [0.5, 0.6) is 0 Å². The van der Waals surface area contributed by atoms with Crippen LogP contribution in [-0.4, -0.2) is 39.9 Å². The van der Waals surface area contributed by atoms with Crippen molar-refractivity contribution in [2.45, 2.75) is 6.54 Å². The first kappa shape index (κ1) is 14.1. The number of benzene rings is 1. The number of aromatic amines is 1. The zero-order valence-corrected chi connectivity index (χ0v) is 12.5. The Bertz CT molecular complexity index is 861. The fraction of sp³-hybridized carbons (Fsp3) is 0.188. The molecule has 0 aliphatic carbocycles. The second-order valence-electron chi connectivity index (χ2n) is 5.23. The minimum atomic E-state index is -0.121. The molecule has 6 heteroatoms. The van der Waals surface area contributed by atoms with Crippen molar-refractivity contribution in [3.05, 3.63) is 58.5 Å². The van der Waals surface area contributed by atoms with Gasteiger partial charge in [-0.25, -0.2) is 9.98 Å². The Labute approximate surface area is 127 Å². The second-order valence-corrected chi connectivity index (χ2v) is 5.23. The molecule has 3 rings (SSSR count). The number of fused-ring (bicyclic) bond motifs is 1. The number of H-pyrrole nitrogens is 1. The van der Waals surface area contributed by atoms with E-state index >= 15 is 0 Å². The molecule has 0 fully saturated rings. The lowest BCUT2D eigenvalue weighted by Gasteiger charge is -2.10. The Morgan fingerprint density at radius 3 is 2.77 bits per heavy atom. The Balaban J connectivity index is 2.14. The van der Waals surface area contributed by atoms with E-state index in [2.05, 4.69) is 15.0 Å². The molecule has 0 bridgehead atoms. The van der Waals surface area contributed by atoms with Crippen LogP contribution in [0.1, 0.15) is 5.56 Å². The first-order chi connectivity index (χ1) is 10.6. The molecule has 0 radical (unpaired) electrons. The number of aromatic nitrogens is 3. The second kappa shape index (κ2) is 5.85. The van der Waals surface area contributed by atoms with Crippen LogP contribution in [-0.2, 0) is 6.54 Å². The lowest BCUT2D eigenvalue weighted by atomic mass is 10.2. The molecule has 2 aromatic heterocycles. The van der Waals surface area contributed by atoms with Crippen LogP contribution in [0.3, 0.4) is 0 Å². The molecule has 0 saturated carbocycles. The first-order valence-electron chi connectivity index (χ1n) is 6.97. The summed E-state index contributed by atoms with van der Waals surface area (Å²) in [4.78, 5) is 26.2. The maximum Gasteiger partial charge on any atom is 0.279 e. The molecular weight excluding hydrogens is 278 g/mol. The van der Waals surface area contributed by atoms with E-state index in [4.69, 9.17) is 0 Å². The number of aliphatic imine (C=N–C) groups is 1. The molecule has 0 unspecified atom stereocenters. The summed E-state index contributed by atoms with van der Waals surface area (Å²) in [6.45, 7) is 0.432. The van der Waals surface area contributed by atoms with Gasteiger partial charge in [0.1, 0.15) is 5.52 Å². The van der Waals surface area contributed by atoms with Crippen molar-refractivity contribution in [2.75, 3.05) is 14.1 Å². The summed E-state index contributed by atoms with van der Waals surface area (Å²) in [5.74, 6) is 0.398. The average Bonchev–Trinajstić information content (AvgIpc) is 2.98. The van der Waals surface area contributed by atoms with E-state index in [9.17, 15) is 4.79 Å². The van der Waals surface area contributed by atoms with Gasteiger partial charge in [-0.1, -0.05) is 30.3 Å². The van der Waals surface area contributed by atoms with Gasteiger partial charge in [-0.3, -0.25) is 9.36 Å². The van der Waals surface area contributed by atoms with E-state index in [1.165, 1.54) is 0 Å². The summed E-state index contributed by atoms with van der Waals surface area (Å²) in [6.07, 6.45) is 3.35. The molecule has 0 amide bonds. The highest BCUT2D eigenvalue weighted by Gasteiger charge is 2.11. The van der Waals surface area contributed by atoms with E-state index in [0.717, 1.165) is 5.56 Å². The fourth-order valence-electron chi connectivity index (χ4n) is 2.19. The standard InChI is InChI=1S/C16H17N5O/c1-20(2)11-18-16-19-13-8-9-17-14(13)15(22)21(16)10-12-6-4-3-5-7-12/h3-9,11,17H,10H2,1-2H3. The SMILES string of the molecule is CN(C)C=Nc1nc2cc[nH]c2c(=O)n1Cc1ccccc1. The quantitative estimate of drug-likeness (QED) is 0.591. The molecule has 0 atom stereocenters. The summed E-state index contributed by atoms with van der Waals surface area (Å²) in [6, 6.07) is 11.6. The smallest absolute Gasteiger partial charge is 0.279 e. The molecule has 0 aliphatic rings. The zero-order valence-electron chi connectivity index (χ0n) is 12.5. The van der Waals surface area contributed by atoms with Crippen LogP contribution in [0.25, 0.3) is 11.0 Å². The average molecular weight is 295 g/mol. The Morgan fingerprint density at radius 1 is 1.27 bits per heavy atom. The van der Waals surface area contributed by atoms with Crippen molar-refractivity contribution in [2.24, 2.45) is 4.99 Å². The first-order valence-corrected chi connectivity index (χ1v) is 6.97. The highest BCUT2D eigenvalue weighted by Crippen LogP contribution is 2.14. The Kier molecular flexibility index (Phi) is 3.74. The van der Waals surface area contributed by atoms with E-state index in [1.54, 1.807) is 28.1 Å². The monoisotopic (exact) mass is 295 g/mol. The van der Waals surface area contributed by atoms with Crippen molar-refractivity contribution in [1.82, 2.24) is 19.4 Å². The van der Waals surface area contributed by atoms with Crippen LogP contribution >= 0.6 is 0 Å². The van der Waals surface area contributed by atoms with Crippen LogP contribution in [0.2, 0.25) is 0 Å². The molecule has 0 aliphatic heterocycles. The fourth-order valence-corrected chi connectivity index (χ4v) is 2.19. The van der Waals surface area contributed by atoms with Crippen molar-refractivity contribution in [1.29, 1.82) is 0 Å². The van der Waals surface area contributed by atoms with Crippen LogP contribution in [0.15, 0.2) is 52.4 Å². The maximum atomic E-state index is 12.7. The summed E-state index contributed by atoms with van der Waals surface area (Å²) < 4.78 is 1.58. The van der Waals surface area contributed by atoms with Gasteiger partial charge in [-0.2, -0.15) is 0 Å². The van der Waals surface area contributed by atoms with Gasteiger partial charge in [0.25, 0.3) is 5.56 Å². The van der Waals surface area contributed by atoms with Gasteiger partial charge in [-0.05, 0) is 11.6 Å². The van der Waals surface area contributed by atoms with Gasteiger partial charge in [0, 0.05) is 20.3 Å². The van der Waals surface area contributed by atoms with Crippen LogP contribution in [0, 0.1) is 0 Å². The number of nitrogens with zero attached hydrogens (tertiary/aromatic N) is 4. The van der Waals surface area contributed by atoms with Gasteiger partial charge < -0.3 is 9.88 Å². The predicted octanol–water partition coefficient (Wildman–Crippen LogP) is 1.99. The summed E-state index contributed by atoms with van der Waals surface area (Å²) in [7, 11) is 3.75. The van der Waals surface area contributed by atoms with Gasteiger partial charge in [0.2, 0.25) is 5.95 Å². The van der Waals surface area contributed by atoms with Gasteiger partial charge in [0.15, 0.2) is 0 Å². The minimum absolute atomic E-state index is 0.121. The number of nitrogens with one attached hydrogen (secondary N) is 1. The number of hydrogen-bond donors (Lipinski definition) is 1. The topological polar surface area (TPSA) is 66.3 Å². The molecule has 6 nitrogen and oxygen atoms in total. The number of rotatable bonds is 4. The molecule has 0 saturated heterocycles. The molecule has 22 heavy (non-hydrogen) atoms. The van der Waals surface area contributed by atoms with Crippen LogP contribution < -0.4 is 5.56 Å². The third-order valence-corrected chi connectivity index (χ3v) is 3.23. The normalized spacial score (nSPS) is 11.4. The highest BCUT2D eigenvalue weighted by atomic mass is 16.1. The van der Waals surface area contributed by atoms with Crippen molar-refractivity contribution >= 4 is 23.3 Å². The van der Waals surface area contributed by atoms with Crippen molar-refractivity contribution < 1.29 is 0 Å². The molecule has 1 aromatic carbocycles. The molecule has 3 aromatic rings. The van der Waals surface area contributed by atoms with Crippen molar-refractivity contribution in [3.63, 3.8) is 0 Å². The van der Waals surface area contributed by atoms with E-state index in [-0.39, 0.29) is 5.56 Å². The Morgan fingerprint density at radius 2 is 2.05 bits per heavy atom. The third kappa shape index (κ3) is 2.76. The maximum absolute atomic E-state index is 12.7. The summed E-state index contributed by atoms with van der Waals surface area (Å²) in [5.41, 5.74) is 2.03. The minimum Gasteiger partial charge on any atom is -0.369 e. The van der Waals surface area contributed by atoms with E-state index in [1.807, 2.05) is 44.4 Å². The van der Waals surface area contributed by atoms with Crippen molar-refractivity contribution in [3.8, 4) is 0 Å². The Hall–Kier alpha value is -2.89. The lowest BCUT2D eigenvalue weighted by molar-refractivity contribution is 0.640. The lowest BCUT2D eigenvalue weighted by Crippen LogP contribution is -2.22. The van der Waals surface area contributed by atoms with Gasteiger partial charge in [0.05, 0.1) is 18.4 Å². The van der Waals surface area contributed by atoms with Crippen LogP contribution in [0.4, 0.5) is 5.95 Å². The van der Waals surface area contributed by atoms with E-state index < -0.39 is 0 Å². The van der Waals surface area contributed by atoms with Gasteiger partial charge >= 0.3 is 0 Å². The summed E-state index contributed by atoms with van der Waals surface area (Å²) in [5, 5.41) is 0. The summed E-state index contributed by atoms with van der Waals surface area (Å²) >= 11 is 0. The molecule has 2 heterocycles. The zero-order chi connectivity index (χ0) is 15.5. The molecule has 0 spiro atoms. The molecule has 112 valence electrons. The van der Waals surface area contributed by atoms with Gasteiger partial charge in [-0.15, -0.1) is 0 Å². The van der Waals surface area contributed by atoms with E-state index in [0.29, 0.717) is 23.5 Å². The number of hydrogen-bond acceptors (Lipinski definition) is 3. The molecular formula is C16H17N5O. The third-order valence-electron chi connectivity index (χ3n) is 3.23. The largest absolute Gasteiger partial charge is 0.369 e. The molecule has 1 N–H and O–H groups in total.